The maximum absolute atomic E-state index is 13.0. The molecule has 0 aliphatic carbocycles. The molecule has 0 aliphatic heterocycles. The van der Waals surface area contributed by atoms with Crippen molar-refractivity contribution < 1.29 is 54.2 Å². The predicted molar refractivity (Wildman–Crippen MR) is 253 cm³/mol. The van der Waals surface area contributed by atoms with Crippen LogP contribution in [0.2, 0.25) is 0 Å². The number of hydrogen-bond donors (Lipinski definition) is 4. The lowest BCUT2D eigenvalue weighted by Gasteiger charge is -2.20. The van der Waals surface area contributed by atoms with Crippen LogP contribution >= 0.6 is 0 Å². The first-order valence-corrected chi connectivity index (χ1v) is 25.5. The molecule has 0 heterocycles. The fourth-order valence-electron chi connectivity index (χ4n) is 6.52. The van der Waals surface area contributed by atoms with Crippen molar-refractivity contribution in [1.82, 2.24) is 20.1 Å². The van der Waals surface area contributed by atoms with Gasteiger partial charge in [-0.3, -0.25) is 9.59 Å². The monoisotopic (exact) mass is 960 g/mol. The number of rotatable bonds is 26. The minimum absolute atomic E-state index is 0.181. The number of benzene rings is 4. The van der Waals surface area contributed by atoms with E-state index < -0.39 is 32.1 Å². The Hall–Kier alpha value is -5.30. The van der Waals surface area contributed by atoms with E-state index in [2.05, 4.69) is 20.1 Å². The number of nitrogens with one attached hydrogen (secondary N) is 4. The number of hydrogen-bond acceptors (Lipinski definition) is 10. The zero-order valence-corrected chi connectivity index (χ0v) is 40.8. The lowest BCUT2D eigenvalue weighted by molar-refractivity contribution is -0.124. The van der Waals surface area contributed by atoms with Gasteiger partial charge < -0.3 is 29.6 Å². The van der Waals surface area contributed by atoms with Crippen LogP contribution in [0, 0.1) is 23.5 Å². The van der Waals surface area contributed by atoms with E-state index in [1.807, 2.05) is 36.4 Å². The number of aryl methyl sites for hydroxylation is 2. The summed E-state index contributed by atoms with van der Waals surface area (Å²) in [4.78, 5) is 24.8. The Bertz CT molecular complexity index is 2190. The fourth-order valence-corrected chi connectivity index (χ4v) is 8.20. The van der Waals surface area contributed by atoms with E-state index in [9.17, 15) is 35.2 Å². The van der Waals surface area contributed by atoms with E-state index >= 15 is 0 Å². The number of halogens is 2. The van der Waals surface area contributed by atoms with Gasteiger partial charge in [-0.25, -0.2) is 35.1 Å². The third-order valence-electron chi connectivity index (χ3n) is 10.0. The first-order chi connectivity index (χ1) is 31.2. The summed E-state index contributed by atoms with van der Waals surface area (Å²) in [5.41, 5.74) is 4.00. The van der Waals surface area contributed by atoms with E-state index in [0.29, 0.717) is 62.1 Å². The summed E-state index contributed by atoms with van der Waals surface area (Å²) in [5, 5.41) is 5.57. The van der Waals surface area contributed by atoms with Gasteiger partial charge in [0.15, 0.2) is 23.0 Å². The third kappa shape index (κ3) is 20.9. The highest BCUT2D eigenvalue weighted by Crippen LogP contribution is 2.29. The summed E-state index contributed by atoms with van der Waals surface area (Å²) >= 11 is 0. The SMILES string of the molecule is COc1cc(CCNC(=O)[C@@H](NS(C)(=O)=O)C(C)C)ccc1OCCCc1ccc(F)cc1.COc1cc(CCNC(=O)[C@@H](NS(C)(=O)=O)C(C)C)ccc1OCCCc1ccc(F)cc1. The third-order valence-corrected chi connectivity index (χ3v) is 11.4. The molecule has 2 atom stereocenters. The fraction of sp³-hybridized carbons (Fsp3) is 0.458. The number of amides is 2. The van der Waals surface area contributed by atoms with Gasteiger partial charge in [0.05, 0.1) is 39.9 Å². The Kier molecular flexibility index (Phi) is 22.8. The summed E-state index contributed by atoms with van der Waals surface area (Å²) in [6.07, 6.45) is 6.30. The quantitative estimate of drug-likeness (QED) is 0.0532. The lowest BCUT2D eigenvalue weighted by atomic mass is 10.0. The van der Waals surface area contributed by atoms with Gasteiger partial charge in [0.2, 0.25) is 31.9 Å². The van der Waals surface area contributed by atoms with Crippen LogP contribution in [0.25, 0.3) is 0 Å². The molecule has 66 heavy (non-hydrogen) atoms. The molecule has 0 spiro atoms. The highest BCUT2D eigenvalue weighted by atomic mass is 32.2. The maximum atomic E-state index is 13.0. The minimum atomic E-state index is -3.49. The molecule has 0 radical (unpaired) electrons. The van der Waals surface area contributed by atoms with Gasteiger partial charge in [-0.05, 0) is 121 Å². The average molecular weight is 961 g/mol. The van der Waals surface area contributed by atoms with Crippen LogP contribution in [-0.4, -0.2) is 93.8 Å². The van der Waals surface area contributed by atoms with Crippen LogP contribution < -0.4 is 39.0 Å². The minimum Gasteiger partial charge on any atom is -0.493 e. The van der Waals surface area contributed by atoms with Crippen molar-refractivity contribution in [3.8, 4) is 23.0 Å². The van der Waals surface area contributed by atoms with Crippen molar-refractivity contribution >= 4 is 31.9 Å². The Balaban J connectivity index is 0.000000350. The zero-order valence-electron chi connectivity index (χ0n) is 39.1. The largest absolute Gasteiger partial charge is 0.493 e. The molecule has 18 heteroatoms. The van der Waals surface area contributed by atoms with E-state index in [-0.39, 0.29) is 35.3 Å². The summed E-state index contributed by atoms with van der Waals surface area (Å²) in [6.45, 7) is 8.83. The smallest absolute Gasteiger partial charge is 0.238 e. The maximum Gasteiger partial charge on any atom is 0.238 e. The summed E-state index contributed by atoms with van der Waals surface area (Å²) in [7, 11) is -3.84. The van der Waals surface area contributed by atoms with Gasteiger partial charge in [0.25, 0.3) is 0 Å². The molecule has 4 rings (SSSR count). The molecule has 0 saturated carbocycles. The molecular formula is C48H66F2N4O10S2. The van der Waals surface area contributed by atoms with Crippen LogP contribution in [0.1, 0.15) is 62.8 Å². The number of carbonyl (C=O) groups excluding carboxylic acids is 2. The molecule has 0 aromatic heterocycles. The van der Waals surface area contributed by atoms with Gasteiger partial charge in [-0.2, -0.15) is 0 Å². The number of sulfonamides is 2. The first kappa shape index (κ1) is 55.0. The van der Waals surface area contributed by atoms with Crippen LogP contribution in [0.5, 0.6) is 23.0 Å². The van der Waals surface area contributed by atoms with Crippen LogP contribution in [0.15, 0.2) is 84.9 Å². The molecule has 4 N–H and O–H groups in total. The molecule has 4 aromatic carbocycles. The second kappa shape index (κ2) is 27.4. The normalized spacial score (nSPS) is 12.4. The van der Waals surface area contributed by atoms with Crippen LogP contribution in [-0.2, 0) is 55.3 Å². The summed E-state index contributed by atoms with van der Waals surface area (Å²) < 4.78 is 99.2. The standard InChI is InChI=1S/2C24H33FN2O5S/c2*1-17(2)23(27-33(4,29)30)24(28)26-14-13-19-9-12-21(22(16-19)31-3)32-15-5-6-18-7-10-20(25)11-8-18/h2*7-12,16-17,23,27H,5-6,13-15H2,1-4H3,(H,26,28)/t2*23-/m00/s1. The van der Waals surface area contributed by atoms with Crippen molar-refractivity contribution in [2.24, 2.45) is 11.8 Å². The summed E-state index contributed by atoms with van der Waals surface area (Å²) in [5.74, 6) is 0.877. The predicted octanol–water partition coefficient (Wildman–Crippen LogP) is 6.16. The van der Waals surface area contributed by atoms with Gasteiger partial charge in [-0.1, -0.05) is 64.1 Å². The lowest BCUT2D eigenvalue weighted by Crippen LogP contribution is -2.49. The van der Waals surface area contributed by atoms with E-state index in [4.69, 9.17) is 18.9 Å². The Labute approximate surface area is 389 Å². The molecule has 0 bridgehead atoms. The second-order valence-electron chi connectivity index (χ2n) is 16.4. The second-order valence-corrected chi connectivity index (χ2v) is 20.0. The van der Waals surface area contributed by atoms with Crippen molar-refractivity contribution in [3.05, 3.63) is 119 Å². The number of ether oxygens (including phenoxy) is 4. The Morgan fingerprint density at radius 1 is 0.515 bits per heavy atom. The van der Waals surface area contributed by atoms with Crippen LogP contribution in [0.3, 0.4) is 0 Å². The molecule has 0 saturated heterocycles. The van der Waals surface area contributed by atoms with Crippen LogP contribution in [0.4, 0.5) is 8.78 Å². The highest BCUT2D eigenvalue weighted by molar-refractivity contribution is 7.89. The number of methoxy groups -OCH3 is 2. The number of carbonyl (C=O) groups is 2. The molecule has 364 valence electrons. The highest BCUT2D eigenvalue weighted by Gasteiger charge is 2.26. The molecule has 4 aromatic rings. The molecule has 0 unspecified atom stereocenters. The van der Waals surface area contributed by atoms with Crippen molar-refractivity contribution in [1.29, 1.82) is 0 Å². The van der Waals surface area contributed by atoms with E-state index in [1.54, 1.807) is 66.2 Å². The molecular weight excluding hydrogens is 895 g/mol. The zero-order chi connectivity index (χ0) is 48.9. The van der Waals surface area contributed by atoms with E-state index in [1.165, 1.54) is 24.3 Å². The Morgan fingerprint density at radius 3 is 1.15 bits per heavy atom. The Morgan fingerprint density at radius 2 is 0.848 bits per heavy atom. The average Bonchev–Trinajstić information content (AvgIpc) is 3.26. The van der Waals surface area contributed by atoms with Gasteiger partial charge in [0, 0.05) is 13.1 Å². The van der Waals surface area contributed by atoms with Crippen molar-refractivity contribution in [2.75, 3.05) is 53.0 Å². The van der Waals surface area contributed by atoms with Crippen molar-refractivity contribution in [3.63, 3.8) is 0 Å². The van der Waals surface area contributed by atoms with Gasteiger partial charge >= 0.3 is 0 Å². The molecule has 0 aliphatic rings. The van der Waals surface area contributed by atoms with Gasteiger partial charge in [-0.15, -0.1) is 0 Å². The van der Waals surface area contributed by atoms with Gasteiger partial charge in [0.1, 0.15) is 23.7 Å². The molecule has 0 fully saturated rings. The van der Waals surface area contributed by atoms with E-state index in [0.717, 1.165) is 60.4 Å². The molecule has 2 amide bonds. The summed E-state index contributed by atoms with van der Waals surface area (Å²) in [6, 6.07) is 22.4. The first-order valence-electron chi connectivity index (χ1n) is 21.8. The molecule has 14 nitrogen and oxygen atoms in total. The topological polar surface area (TPSA) is 187 Å². The van der Waals surface area contributed by atoms with Crippen molar-refractivity contribution in [2.45, 2.75) is 78.3 Å².